The van der Waals surface area contributed by atoms with Crippen LogP contribution in [0.25, 0.3) is 0 Å². The van der Waals surface area contributed by atoms with E-state index in [4.69, 9.17) is 0 Å². The van der Waals surface area contributed by atoms with Crippen LogP contribution in [-0.4, -0.2) is 17.6 Å². The maximum atomic E-state index is 2.54. The SMILES string of the molecule is CCCCCCCCCCCCCCCCC1N(CCC)C=CN1c1ccccc1. The van der Waals surface area contributed by atoms with Gasteiger partial charge in [-0.05, 0) is 31.4 Å². The fourth-order valence-corrected chi connectivity index (χ4v) is 4.68. The van der Waals surface area contributed by atoms with Gasteiger partial charge in [0.15, 0.2) is 0 Å². The summed E-state index contributed by atoms with van der Waals surface area (Å²) in [7, 11) is 0. The molecule has 0 aromatic heterocycles. The van der Waals surface area contributed by atoms with Gasteiger partial charge in [0.2, 0.25) is 0 Å². The van der Waals surface area contributed by atoms with Crippen LogP contribution < -0.4 is 4.90 Å². The Kier molecular flexibility index (Phi) is 13.5. The molecule has 0 spiro atoms. The molecule has 1 heterocycles. The van der Waals surface area contributed by atoms with Crippen molar-refractivity contribution in [2.75, 3.05) is 11.4 Å². The Hall–Kier alpha value is -1.44. The maximum Gasteiger partial charge on any atom is 0.105 e. The number of nitrogens with zero attached hydrogens (tertiary/aromatic N) is 2. The zero-order valence-corrected chi connectivity index (χ0v) is 20.0. The lowest BCUT2D eigenvalue weighted by molar-refractivity contribution is 0.279. The predicted octanol–water partition coefficient (Wildman–Crippen LogP) is 8.89. The van der Waals surface area contributed by atoms with Crippen molar-refractivity contribution in [3.8, 4) is 0 Å². The Bertz CT molecular complexity index is 539. The highest BCUT2D eigenvalue weighted by Crippen LogP contribution is 2.28. The van der Waals surface area contributed by atoms with E-state index < -0.39 is 0 Å². The van der Waals surface area contributed by atoms with Gasteiger partial charge in [-0.15, -0.1) is 0 Å². The lowest BCUT2D eigenvalue weighted by Crippen LogP contribution is -2.39. The Morgan fingerprint density at radius 3 is 1.67 bits per heavy atom. The van der Waals surface area contributed by atoms with Crippen LogP contribution >= 0.6 is 0 Å². The Balaban J connectivity index is 1.51. The zero-order chi connectivity index (χ0) is 21.3. The van der Waals surface area contributed by atoms with E-state index in [1.54, 1.807) is 0 Å². The first-order chi connectivity index (χ1) is 14.9. The van der Waals surface area contributed by atoms with E-state index in [1.807, 2.05) is 0 Å². The van der Waals surface area contributed by atoms with Crippen LogP contribution in [0.3, 0.4) is 0 Å². The van der Waals surface area contributed by atoms with Gasteiger partial charge < -0.3 is 9.80 Å². The molecule has 1 aliphatic heterocycles. The number of benzene rings is 1. The van der Waals surface area contributed by atoms with E-state index in [0.29, 0.717) is 6.17 Å². The summed E-state index contributed by atoms with van der Waals surface area (Å²) in [4.78, 5) is 5.01. The summed E-state index contributed by atoms with van der Waals surface area (Å²) in [6.45, 7) is 5.73. The van der Waals surface area contributed by atoms with Crippen molar-refractivity contribution in [3.63, 3.8) is 0 Å². The van der Waals surface area contributed by atoms with Gasteiger partial charge in [0.25, 0.3) is 0 Å². The smallest absolute Gasteiger partial charge is 0.105 e. The van der Waals surface area contributed by atoms with Gasteiger partial charge >= 0.3 is 0 Å². The summed E-state index contributed by atoms with van der Waals surface area (Å²) in [5, 5.41) is 0. The fourth-order valence-electron chi connectivity index (χ4n) is 4.68. The molecule has 0 N–H and O–H groups in total. The van der Waals surface area contributed by atoms with Crippen molar-refractivity contribution in [2.45, 2.75) is 123 Å². The maximum absolute atomic E-state index is 2.54. The fraction of sp³-hybridized carbons (Fsp3) is 0.714. The molecule has 170 valence electrons. The summed E-state index contributed by atoms with van der Waals surface area (Å²) >= 11 is 0. The minimum atomic E-state index is 0.504. The quantitative estimate of drug-likeness (QED) is 0.222. The second-order valence-electron chi connectivity index (χ2n) is 9.14. The van der Waals surface area contributed by atoms with Crippen molar-refractivity contribution in [3.05, 3.63) is 42.7 Å². The van der Waals surface area contributed by atoms with E-state index in [-0.39, 0.29) is 0 Å². The van der Waals surface area contributed by atoms with Crippen LogP contribution in [0.1, 0.15) is 117 Å². The standard InChI is InChI=1S/C28H48N2/c1-3-5-6-7-8-9-10-11-12-13-14-15-16-20-23-28-29(24-4-2)25-26-30(28)27-21-18-17-19-22-27/h17-19,21-22,25-26,28H,3-16,20,23-24H2,1-2H3. The lowest BCUT2D eigenvalue weighted by Gasteiger charge is -2.33. The number of unbranched alkanes of at least 4 members (excludes halogenated alkanes) is 13. The zero-order valence-electron chi connectivity index (χ0n) is 20.0. The van der Waals surface area contributed by atoms with Crippen LogP contribution in [0.2, 0.25) is 0 Å². The second-order valence-corrected chi connectivity index (χ2v) is 9.14. The summed E-state index contributed by atoms with van der Waals surface area (Å²) in [6, 6.07) is 10.9. The van der Waals surface area contributed by atoms with E-state index in [9.17, 15) is 0 Å². The molecule has 1 unspecified atom stereocenters. The van der Waals surface area contributed by atoms with Crippen molar-refractivity contribution < 1.29 is 0 Å². The molecular formula is C28H48N2. The highest BCUT2D eigenvalue weighted by molar-refractivity contribution is 5.51. The van der Waals surface area contributed by atoms with Crippen LogP contribution in [0.5, 0.6) is 0 Å². The molecule has 0 radical (unpaired) electrons. The first-order valence-corrected chi connectivity index (χ1v) is 13.1. The number of anilines is 1. The van der Waals surface area contributed by atoms with Gasteiger partial charge in [-0.3, -0.25) is 0 Å². The molecule has 0 bridgehead atoms. The molecule has 0 saturated carbocycles. The normalized spacial score (nSPS) is 16.0. The van der Waals surface area contributed by atoms with Crippen LogP contribution in [0.4, 0.5) is 5.69 Å². The molecule has 0 aliphatic carbocycles. The van der Waals surface area contributed by atoms with E-state index in [2.05, 4.69) is 66.4 Å². The number of rotatable bonds is 18. The molecule has 2 nitrogen and oxygen atoms in total. The molecule has 2 rings (SSSR count). The molecule has 30 heavy (non-hydrogen) atoms. The van der Waals surface area contributed by atoms with Gasteiger partial charge in [0.05, 0.1) is 0 Å². The average molecular weight is 413 g/mol. The van der Waals surface area contributed by atoms with Crippen LogP contribution in [0, 0.1) is 0 Å². The highest BCUT2D eigenvalue weighted by Gasteiger charge is 2.26. The van der Waals surface area contributed by atoms with E-state index in [1.165, 1.54) is 108 Å². The van der Waals surface area contributed by atoms with Crippen LogP contribution in [0.15, 0.2) is 42.7 Å². The molecule has 1 aromatic rings. The average Bonchev–Trinajstić information content (AvgIpc) is 3.17. The largest absolute Gasteiger partial charge is 0.356 e. The second kappa shape index (κ2) is 16.3. The molecule has 1 aliphatic rings. The Morgan fingerprint density at radius 1 is 0.600 bits per heavy atom. The third kappa shape index (κ3) is 9.58. The summed E-state index contributed by atoms with van der Waals surface area (Å²) in [5.74, 6) is 0. The summed E-state index contributed by atoms with van der Waals surface area (Å²) in [5.41, 5.74) is 1.32. The Morgan fingerprint density at radius 2 is 1.13 bits per heavy atom. The Labute approximate surface area is 187 Å². The third-order valence-electron chi connectivity index (χ3n) is 6.47. The van der Waals surface area contributed by atoms with Crippen molar-refractivity contribution in [2.24, 2.45) is 0 Å². The van der Waals surface area contributed by atoms with E-state index >= 15 is 0 Å². The topological polar surface area (TPSA) is 6.48 Å². The number of hydrogen-bond acceptors (Lipinski definition) is 2. The lowest BCUT2D eigenvalue weighted by atomic mass is 10.0. The molecular weight excluding hydrogens is 364 g/mol. The van der Waals surface area contributed by atoms with E-state index in [0.717, 1.165) is 6.54 Å². The van der Waals surface area contributed by atoms with Crippen LogP contribution in [-0.2, 0) is 0 Å². The highest BCUT2D eigenvalue weighted by atomic mass is 15.4. The van der Waals surface area contributed by atoms with Gasteiger partial charge in [-0.25, -0.2) is 0 Å². The minimum Gasteiger partial charge on any atom is -0.356 e. The first kappa shape index (κ1) is 24.8. The van der Waals surface area contributed by atoms with Crippen molar-refractivity contribution in [1.29, 1.82) is 0 Å². The van der Waals surface area contributed by atoms with Gasteiger partial charge in [-0.2, -0.15) is 0 Å². The summed E-state index contributed by atoms with van der Waals surface area (Å²) in [6.07, 6.45) is 27.6. The van der Waals surface area contributed by atoms with Gasteiger partial charge in [-0.1, -0.05) is 116 Å². The monoisotopic (exact) mass is 412 g/mol. The number of hydrogen-bond donors (Lipinski definition) is 0. The van der Waals surface area contributed by atoms with Crippen molar-refractivity contribution >= 4 is 5.69 Å². The minimum absolute atomic E-state index is 0.504. The number of para-hydroxylation sites is 1. The molecule has 0 saturated heterocycles. The molecule has 0 amide bonds. The first-order valence-electron chi connectivity index (χ1n) is 13.1. The predicted molar refractivity (Wildman–Crippen MR) is 134 cm³/mol. The molecule has 0 fully saturated rings. The third-order valence-corrected chi connectivity index (χ3v) is 6.47. The van der Waals surface area contributed by atoms with Gasteiger partial charge in [0, 0.05) is 24.6 Å². The van der Waals surface area contributed by atoms with Gasteiger partial charge in [0.1, 0.15) is 6.17 Å². The molecule has 2 heteroatoms. The summed E-state index contributed by atoms with van der Waals surface area (Å²) < 4.78 is 0. The molecule has 1 aromatic carbocycles. The molecule has 1 atom stereocenters. The van der Waals surface area contributed by atoms with Crippen molar-refractivity contribution in [1.82, 2.24) is 4.90 Å².